The lowest BCUT2D eigenvalue weighted by molar-refractivity contribution is -0.0971. The highest BCUT2D eigenvalue weighted by Crippen LogP contribution is 2.49. The minimum atomic E-state index is -0.0797. The van der Waals surface area contributed by atoms with Gasteiger partial charge in [0, 0.05) is 19.1 Å². The summed E-state index contributed by atoms with van der Waals surface area (Å²) >= 11 is 0. The molecule has 0 amide bonds. The Bertz CT molecular complexity index is 759. The van der Waals surface area contributed by atoms with Gasteiger partial charge in [0.05, 0.1) is 25.4 Å². The first-order valence-electron chi connectivity index (χ1n) is 11.2. The number of piperidine rings is 1. The van der Waals surface area contributed by atoms with E-state index in [1.165, 1.54) is 11.1 Å². The first kappa shape index (κ1) is 19.7. The minimum Gasteiger partial charge on any atom is -0.493 e. The van der Waals surface area contributed by atoms with Gasteiger partial charge >= 0.3 is 0 Å². The predicted molar refractivity (Wildman–Crippen MR) is 112 cm³/mol. The average molecular weight is 402 g/mol. The lowest BCUT2D eigenvalue weighted by Gasteiger charge is -2.45. The largest absolute Gasteiger partial charge is 0.493 e. The summed E-state index contributed by atoms with van der Waals surface area (Å²) < 4.78 is 24.2. The molecule has 1 aliphatic carbocycles. The van der Waals surface area contributed by atoms with Crippen LogP contribution in [-0.2, 0) is 15.9 Å². The fourth-order valence-corrected chi connectivity index (χ4v) is 5.77. The molecule has 0 N–H and O–H groups in total. The molecular formula is C24H35NO4. The molecule has 29 heavy (non-hydrogen) atoms. The summed E-state index contributed by atoms with van der Waals surface area (Å²) in [7, 11) is 1.74. The third-order valence-electron chi connectivity index (χ3n) is 7.05. The fraction of sp³-hybridized carbons (Fsp3) is 0.750. The van der Waals surface area contributed by atoms with Crippen LogP contribution in [0, 0.1) is 5.92 Å². The number of rotatable bonds is 5. The van der Waals surface area contributed by atoms with Crippen molar-refractivity contribution in [2.45, 2.75) is 76.2 Å². The highest BCUT2D eigenvalue weighted by Gasteiger charge is 2.52. The number of benzene rings is 1. The molecule has 2 unspecified atom stereocenters. The van der Waals surface area contributed by atoms with Crippen LogP contribution >= 0.6 is 0 Å². The van der Waals surface area contributed by atoms with Crippen molar-refractivity contribution in [1.82, 2.24) is 4.90 Å². The van der Waals surface area contributed by atoms with Crippen molar-refractivity contribution in [3.63, 3.8) is 0 Å². The Hall–Kier alpha value is -1.30. The second kappa shape index (κ2) is 7.14. The van der Waals surface area contributed by atoms with Crippen molar-refractivity contribution in [2.24, 2.45) is 5.92 Å². The van der Waals surface area contributed by atoms with Gasteiger partial charge in [0.2, 0.25) is 0 Å². The molecule has 0 aromatic heterocycles. The van der Waals surface area contributed by atoms with Crippen LogP contribution < -0.4 is 9.47 Å². The average Bonchev–Trinajstić information content (AvgIpc) is 3.25. The number of nitrogens with zero attached hydrogens (tertiary/aromatic N) is 1. The summed E-state index contributed by atoms with van der Waals surface area (Å²) in [5.41, 5.74) is 2.71. The molecule has 3 saturated heterocycles. The topological polar surface area (TPSA) is 40.2 Å². The molecule has 0 radical (unpaired) electrons. The van der Waals surface area contributed by atoms with Crippen LogP contribution in [0.15, 0.2) is 12.1 Å². The maximum Gasteiger partial charge on any atom is 0.161 e. The van der Waals surface area contributed by atoms with E-state index in [0.717, 1.165) is 69.2 Å². The molecule has 1 aromatic carbocycles. The number of methoxy groups -OCH3 is 1. The Labute approximate surface area is 174 Å². The summed E-state index contributed by atoms with van der Waals surface area (Å²) in [6.45, 7) is 10.1. The van der Waals surface area contributed by atoms with E-state index in [1.54, 1.807) is 7.11 Å². The molecule has 160 valence electrons. The van der Waals surface area contributed by atoms with E-state index >= 15 is 0 Å². The molecule has 2 bridgehead atoms. The Morgan fingerprint density at radius 3 is 2.69 bits per heavy atom. The van der Waals surface area contributed by atoms with Gasteiger partial charge in [-0.2, -0.15) is 0 Å². The van der Waals surface area contributed by atoms with Crippen molar-refractivity contribution in [3.8, 4) is 11.5 Å². The highest BCUT2D eigenvalue weighted by atomic mass is 16.6. The summed E-state index contributed by atoms with van der Waals surface area (Å²) in [6.07, 6.45) is 5.92. The lowest BCUT2D eigenvalue weighted by atomic mass is 9.75. The van der Waals surface area contributed by atoms with Gasteiger partial charge in [-0.3, -0.25) is 4.90 Å². The van der Waals surface area contributed by atoms with E-state index in [2.05, 4.69) is 37.8 Å². The van der Waals surface area contributed by atoms with E-state index in [1.807, 2.05) is 0 Å². The SMILES string of the molecule is COc1cc2c(cc1OCC13CC(CO1)C3)CCN1CC(OC(C)(C)C)CCC21. The van der Waals surface area contributed by atoms with Gasteiger partial charge in [-0.1, -0.05) is 0 Å². The molecular weight excluding hydrogens is 366 g/mol. The molecule has 2 atom stereocenters. The monoisotopic (exact) mass is 401 g/mol. The van der Waals surface area contributed by atoms with Gasteiger partial charge in [-0.25, -0.2) is 0 Å². The van der Waals surface area contributed by atoms with Gasteiger partial charge in [-0.05, 0) is 82.1 Å². The Morgan fingerprint density at radius 1 is 1.17 bits per heavy atom. The van der Waals surface area contributed by atoms with E-state index < -0.39 is 0 Å². The second-order valence-corrected chi connectivity index (χ2v) is 10.4. The molecule has 4 aliphatic heterocycles. The van der Waals surface area contributed by atoms with Crippen molar-refractivity contribution in [1.29, 1.82) is 0 Å². The summed E-state index contributed by atoms with van der Waals surface area (Å²) in [5.74, 6) is 2.48. The van der Waals surface area contributed by atoms with E-state index in [4.69, 9.17) is 18.9 Å². The van der Waals surface area contributed by atoms with Crippen LogP contribution in [0.25, 0.3) is 0 Å². The fourth-order valence-electron chi connectivity index (χ4n) is 5.77. The van der Waals surface area contributed by atoms with Gasteiger partial charge in [0.25, 0.3) is 0 Å². The summed E-state index contributed by atoms with van der Waals surface area (Å²) in [4.78, 5) is 2.60. The molecule has 4 fully saturated rings. The normalized spacial score (nSPS) is 33.6. The van der Waals surface area contributed by atoms with Crippen molar-refractivity contribution < 1.29 is 18.9 Å². The predicted octanol–water partition coefficient (Wildman–Crippen LogP) is 4.13. The molecule has 5 nitrogen and oxygen atoms in total. The van der Waals surface area contributed by atoms with Gasteiger partial charge in [-0.15, -0.1) is 0 Å². The zero-order chi connectivity index (χ0) is 20.2. The number of ether oxygens (including phenoxy) is 4. The summed E-state index contributed by atoms with van der Waals surface area (Å²) in [6, 6.07) is 4.92. The molecule has 6 rings (SSSR count). The zero-order valence-corrected chi connectivity index (χ0v) is 18.3. The van der Waals surface area contributed by atoms with Crippen LogP contribution in [-0.4, -0.2) is 55.6 Å². The van der Waals surface area contributed by atoms with Gasteiger partial charge in [0.1, 0.15) is 12.2 Å². The van der Waals surface area contributed by atoms with Gasteiger partial charge in [0.15, 0.2) is 11.5 Å². The van der Waals surface area contributed by atoms with Crippen LogP contribution in [0.4, 0.5) is 0 Å². The molecule has 1 saturated carbocycles. The van der Waals surface area contributed by atoms with E-state index in [-0.39, 0.29) is 11.2 Å². The first-order valence-corrected chi connectivity index (χ1v) is 11.2. The van der Waals surface area contributed by atoms with Crippen LogP contribution in [0.2, 0.25) is 0 Å². The van der Waals surface area contributed by atoms with Crippen LogP contribution in [0.3, 0.4) is 0 Å². The maximum absolute atomic E-state index is 6.28. The second-order valence-electron chi connectivity index (χ2n) is 10.4. The third kappa shape index (κ3) is 3.77. The molecule has 0 spiro atoms. The van der Waals surface area contributed by atoms with Crippen molar-refractivity contribution in [2.75, 3.05) is 33.4 Å². The molecule has 4 heterocycles. The molecule has 1 aromatic rings. The Morgan fingerprint density at radius 2 is 2.00 bits per heavy atom. The zero-order valence-electron chi connectivity index (χ0n) is 18.3. The van der Waals surface area contributed by atoms with E-state index in [0.29, 0.717) is 18.8 Å². The molecule has 5 aliphatic rings. The third-order valence-corrected chi connectivity index (χ3v) is 7.05. The quantitative estimate of drug-likeness (QED) is 0.742. The lowest BCUT2D eigenvalue weighted by Crippen LogP contribution is -2.47. The molecule has 5 heteroatoms. The van der Waals surface area contributed by atoms with E-state index in [9.17, 15) is 0 Å². The Balaban J connectivity index is 1.31. The van der Waals surface area contributed by atoms with Gasteiger partial charge < -0.3 is 18.9 Å². The number of hydrogen-bond acceptors (Lipinski definition) is 5. The highest BCUT2D eigenvalue weighted by molar-refractivity contribution is 5.49. The summed E-state index contributed by atoms with van der Waals surface area (Å²) in [5, 5.41) is 0. The standard InChI is InChI=1S/C24H35NO4/c1-23(2,3)29-18-5-6-20-19-10-21(26-4)22(9-17(19)7-8-25(20)13-18)27-15-24-11-16(12-24)14-28-24/h9-10,16,18,20H,5-8,11-15H2,1-4H3. The minimum absolute atomic E-state index is 0.0339. The van der Waals surface area contributed by atoms with Crippen LogP contribution in [0.1, 0.15) is 63.6 Å². The van der Waals surface area contributed by atoms with Crippen LogP contribution in [0.5, 0.6) is 11.5 Å². The Kier molecular flexibility index (Phi) is 4.84. The maximum atomic E-state index is 6.28. The smallest absolute Gasteiger partial charge is 0.161 e. The number of hydrogen-bond donors (Lipinski definition) is 0. The van der Waals surface area contributed by atoms with Crippen molar-refractivity contribution in [3.05, 3.63) is 23.3 Å². The number of fused-ring (bicyclic) bond motifs is 4. The first-order chi connectivity index (χ1) is 13.8. The van der Waals surface area contributed by atoms with Crippen molar-refractivity contribution >= 4 is 0 Å².